The summed E-state index contributed by atoms with van der Waals surface area (Å²) in [6, 6.07) is 5.75. The molecular weight excluding hydrogens is 193 g/mol. The second kappa shape index (κ2) is 3.74. The topological polar surface area (TPSA) is 43.1 Å². The minimum absolute atomic E-state index is 0.125. The molecule has 0 aliphatic heterocycles. The van der Waals surface area contributed by atoms with Gasteiger partial charge in [-0.2, -0.15) is 0 Å². The van der Waals surface area contributed by atoms with Crippen molar-refractivity contribution in [3.63, 3.8) is 0 Å². The normalized spacial score (nSPS) is 19.1. The highest BCUT2D eigenvalue weighted by Gasteiger charge is 2.37. The minimum Gasteiger partial charge on any atom is -0.319 e. The fourth-order valence-electron chi connectivity index (χ4n) is 2.15. The van der Waals surface area contributed by atoms with Gasteiger partial charge in [0.2, 0.25) is 0 Å². The monoisotopic (exact) mass is 207 g/mol. The summed E-state index contributed by atoms with van der Waals surface area (Å²) in [5.74, 6) is -0.512. The largest absolute Gasteiger partial charge is 0.319 e. The highest BCUT2D eigenvalue weighted by atomic mass is 19.1. The summed E-state index contributed by atoms with van der Waals surface area (Å²) in [7, 11) is 0. The van der Waals surface area contributed by atoms with Crippen molar-refractivity contribution in [1.82, 2.24) is 0 Å². The molecule has 0 bridgehead atoms. The van der Waals surface area contributed by atoms with E-state index in [1.807, 2.05) is 0 Å². The molecule has 1 fully saturated rings. The van der Waals surface area contributed by atoms with Gasteiger partial charge in [-0.3, -0.25) is 4.79 Å². The van der Waals surface area contributed by atoms with Gasteiger partial charge in [0, 0.05) is 5.56 Å². The van der Waals surface area contributed by atoms with Gasteiger partial charge >= 0.3 is 0 Å². The molecule has 2 N–H and O–H groups in total. The lowest BCUT2D eigenvalue weighted by Crippen LogP contribution is -2.45. The van der Waals surface area contributed by atoms with Crippen LogP contribution in [0.3, 0.4) is 0 Å². The summed E-state index contributed by atoms with van der Waals surface area (Å²) in [6.07, 6.45) is 3.39. The molecule has 1 aliphatic carbocycles. The van der Waals surface area contributed by atoms with Crippen LogP contribution in [0.1, 0.15) is 36.0 Å². The molecule has 0 heterocycles. The molecule has 1 aliphatic rings. The predicted molar refractivity (Wildman–Crippen MR) is 56.1 cm³/mol. The van der Waals surface area contributed by atoms with Crippen LogP contribution in [0.25, 0.3) is 0 Å². The fourth-order valence-corrected chi connectivity index (χ4v) is 2.15. The average Bonchev–Trinajstić information content (AvgIpc) is 2.65. The number of ketones is 1. The summed E-state index contributed by atoms with van der Waals surface area (Å²) < 4.78 is 12.9. The van der Waals surface area contributed by atoms with Crippen LogP contribution in [0, 0.1) is 5.82 Å². The van der Waals surface area contributed by atoms with Crippen LogP contribution in [0.5, 0.6) is 0 Å². The molecule has 80 valence electrons. The number of hydrogen-bond donors (Lipinski definition) is 1. The lowest BCUT2D eigenvalue weighted by molar-refractivity contribution is 0.0891. The maximum absolute atomic E-state index is 12.9. The Morgan fingerprint density at radius 1 is 1.33 bits per heavy atom. The summed E-state index contributed by atoms with van der Waals surface area (Å²) in [5.41, 5.74) is 5.64. The molecule has 0 unspecified atom stereocenters. The number of benzene rings is 1. The van der Waals surface area contributed by atoms with Crippen LogP contribution in [-0.2, 0) is 0 Å². The molecule has 0 amide bonds. The van der Waals surface area contributed by atoms with E-state index in [0.29, 0.717) is 18.4 Å². The Morgan fingerprint density at radius 3 is 2.60 bits per heavy atom. The standard InChI is InChI=1S/C12H14FNO/c13-10-5-3-4-9(8-10)11(15)12(14)6-1-2-7-12/h3-5,8H,1-2,6-7,14H2. The Hall–Kier alpha value is -1.22. The second-order valence-electron chi connectivity index (χ2n) is 4.20. The molecule has 2 nitrogen and oxygen atoms in total. The van der Waals surface area contributed by atoms with E-state index >= 15 is 0 Å². The second-order valence-corrected chi connectivity index (χ2v) is 4.20. The molecular formula is C12H14FNO. The summed E-state index contributed by atoms with van der Waals surface area (Å²) in [5, 5.41) is 0. The number of nitrogens with two attached hydrogens (primary N) is 1. The van der Waals surface area contributed by atoms with E-state index in [-0.39, 0.29) is 11.6 Å². The van der Waals surface area contributed by atoms with Crippen molar-refractivity contribution < 1.29 is 9.18 Å². The van der Waals surface area contributed by atoms with Crippen molar-refractivity contribution in [2.45, 2.75) is 31.2 Å². The highest BCUT2D eigenvalue weighted by Crippen LogP contribution is 2.30. The fraction of sp³-hybridized carbons (Fsp3) is 0.417. The van der Waals surface area contributed by atoms with Gasteiger partial charge in [0.05, 0.1) is 5.54 Å². The molecule has 0 atom stereocenters. The van der Waals surface area contributed by atoms with E-state index in [1.54, 1.807) is 12.1 Å². The molecule has 0 spiro atoms. The van der Waals surface area contributed by atoms with Crippen molar-refractivity contribution in [1.29, 1.82) is 0 Å². The SMILES string of the molecule is NC1(C(=O)c2cccc(F)c2)CCCC1. The maximum atomic E-state index is 12.9. The number of rotatable bonds is 2. The lowest BCUT2D eigenvalue weighted by atomic mass is 9.89. The molecule has 0 aromatic heterocycles. The Bertz CT molecular complexity index is 383. The van der Waals surface area contributed by atoms with Gasteiger partial charge in [-0.15, -0.1) is 0 Å². The Morgan fingerprint density at radius 2 is 2.00 bits per heavy atom. The number of carbonyl (C=O) groups excluding carboxylic acids is 1. The van der Waals surface area contributed by atoms with E-state index in [1.165, 1.54) is 12.1 Å². The van der Waals surface area contributed by atoms with Gasteiger partial charge < -0.3 is 5.73 Å². The van der Waals surface area contributed by atoms with Gasteiger partial charge in [-0.1, -0.05) is 25.0 Å². The van der Waals surface area contributed by atoms with E-state index in [9.17, 15) is 9.18 Å². The first-order valence-corrected chi connectivity index (χ1v) is 5.21. The third-order valence-electron chi connectivity index (χ3n) is 3.03. The average molecular weight is 207 g/mol. The van der Waals surface area contributed by atoms with Crippen molar-refractivity contribution in [3.05, 3.63) is 35.6 Å². The molecule has 1 aromatic rings. The number of Topliss-reactive ketones (excluding diaryl/α,β-unsaturated/α-hetero) is 1. The number of hydrogen-bond acceptors (Lipinski definition) is 2. The minimum atomic E-state index is -0.756. The van der Waals surface area contributed by atoms with Gasteiger partial charge in [0.25, 0.3) is 0 Å². The van der Waals surface area contributed by atoms with Crippen LogP contribution < -0.4 is 5.73 Å². The molecule has 1 saturated carbocycles. The zero-order valence-corrected chi connectivity index (χ0v) is 8.50. The number of carbonyl (C=O) groups is 1. The highest BCUT2D eigenvalue weighted by molar-refractivity contribution is 6.03. The van der Waals surface area contributed by atoms with Crippen LogP contribution in [0.2, 0.25) is 0 Å². The van der Waals surface area contributed by atoms with E-state index in [2.05, 4.69) is 0 Å². The molecule has 3 heteroatoms. The first kappa shape index (κ1) is 10.3. The third-order valence-corrected chi connectivity index (χ3v) is 3.03. The quantitative estimate of drug-likeness (QED) is 0.756. The Kier molecular flexibility index (Phi) is 2.57. The zero-order valence-electron chi connectivity index (χ0n) is 8.50. The maximum Gasteiger partial charge on any atom is 0.182 e. The first-order valence-electron chi connectivity index (χ1n) is 5.21. The third kappa shape index (κ3) is 1.92. The van der Waals surface area contributed by atoms with Crippen molar-refractivity contribution >= 4 is 5.78 Å². The summed E-state index contributed by atoms with van der Waals surface area (Å²) in [6.45, 7) is 0. The van der Waals surface area contributed by atoms with Crippen molar-refractivity contribution in [3.8, 4) is 0 Å². The first-order chi connectivity index (χ1) is 7.12. The number of halogens is 1. The van der Waals surface area contributed by atoms with Crippen molar-refractivity contribution in [2.75, 3.05) is 0 Å². The van der Waals surface area contributed by atoms with Gasteiger partial charge in [-0.25, -0.2) is 4.39 Å². The lowest BCUT2D eigenvalue weighted by Gasteiger charge is -2.21. The van der Waals surface area contributed by atoms with Gasteiger partial charge in [-0.05, 0) is 25.0 Å². The molecule has 15 heavy (non-hydrogen) atoms. The van der Waals surface area contributed by atoms with Gasteiger partial charge in [0.15, 0.2) is 5.78 Å². The van der Waals surface area contributed by atoms with Crippen LogP contribution in [-0.4, -0.2) is 11.3 Å². The summed E-state index contributed by atoms with van der Waals surface area (Å²) >= 11 is 0. The summed E-state index contributed by atoms with van der Waals surface area (Å²) in [4.78, 5) is 12.0. The van der Waals surface area contributed by atoms with Crippen molar-refractivity contribution in [2.24, 2.45) is 5.73 Å². The van der Waals surface area contributed by atoms with E-state index < -0.39 is 5.54 Å². The van der Waals surface area contributed by atoms with Crippen LogP contribution >= 0.6 is 0 Å². The van der Waals surface area contributed by atoms with Gasteiger partial charge in [0.1, 0.15) is 5.82 Å². The van der Waals surface area contributed by atoms with Crippen LogP contribution in [0.15, 0.2) is 24.3 Å². The Balaban J connectivity index is 2.27. The molecule has 2 rings (SSSR count). The Labute approximate surface area is 88.3 Å². The van der Waals surface area contributed by atoms with E-state index in [4.69, 9.17) is 5.73 Å². The van der Waals surface area contributed by atoms with E-state index in [0.717, 1.165) is 12.8 Å². The predicted octanol–water partition coefficient (Wildman–Crippen LogP) is 2.28. The van der Waals surface area contributed by atoms with Crippen LogP contribution in [0.4, 0.5) is 4.39 Å². The molecule has 1 aromatic carbocycles. The molecule has 0 radical (unpaired) electrons. The molecule has 0 saturated heterocycles. The zero-order chi connectivity index (χ0) is 10.9. The smallest absolute Gasteiger partial charge is 0.182 e.